The van der Waals surface area contributed by atoms with Crippen molar-refractivity contribution in [1.29, 1.82) is 5.26 Å². The van der Waals surface area contributed by atoms with E-state index in [1.54, 1.807) is 13.0 Å². The Balaban J connectivity index is 2.17. The predicted octanol–water partition coefficient (Wildman–Crippen LogP) is 2.45. The molecule has 22 heavy (non-hydrogen) atoms. The van der Waals surface area contributed by atoms with Crippen molar-refractivity contribution in [3.05, 3.63) is 0 Å². The van der Waals surface area contributed by atoms with Crippen LogP contribution in [0.5, 0.6) is 0 Å². The first kappa shape index (κ1) is 17.2. The molecule has 0 unspecified atom stereocenters. The van der Waals surface area contributed by atoms with E-state index in [-0.39, 0.29) is 11.3 Å². The number of rotatable bonds is 3. The zero-order chi connectivity index (χ0) is 16.9. The summed E-state index contributed by atoms with van der Waals surface area (Å²) in [6, 6.07) is 0.375. The molecule has 0 aromatic rings. The first-order valence-corrected chi connectivity index (χ1v) is 7.34. The molecule has 3 saturated carbocycles. The minimum absolute atomic E-state index is 0.00983. The molecule has 5 atom stereocenters. The number of hydrogen-bond acceptors (Lipinski definition) is 4. The van der Waals surface area contributed by atoms with Crippen molar-refractivity contribution < 1.29 is 23.4 Å². The van der Waals surface area contributed by atoms with Gasteiger partial charge in [0.25, 0.3) is 0 Å². The van der Waals surface area contributed by atoms with Crippen LogP contribution in [0.15, 0.2) is 4.99 Å². The van der Waals surface area contributed by atoms with E-state index >= 15 is 0 Å². The van der Waals surface area contributed by atoms with Crippen molar-refractivity contribution in [3.8, 4) is 6.07 Å². The highest BCUT2D eigenvalue weighted by molar-refractivity contribution is 5.94. The Hall–Kier alpha value is -1.13. The summed E-state index contributed by atoms with van der Waals surface area (Å²) in [4.78, 5) is 4.05. The molecule has 0 aromatic heterocycles. The molecule has 0 aliphatic heterocycles. The van der Waals surface area contributed by atoms with Gasteiger partial charge in [-0.1, -0.05) is 13.8 Å². The van der Waals surface area contributed by atoms with Gasteiger partial charge in [0.05, 0.1) is 6.07 Å². The summed E-state index contributed by atoms with van der Waals surface area (Å²) < 4.78 is 37.2. The Morgan fingerprint density at radius 3 is 2.41 bits per heavy atom. The summed E-state index contributed by atoms with van der Waals surface area (Å²) in [7, 11) is 0. The van der Waals surface area contributed by atoms with Gasteiger partial charge in [0.2, 0.25) is 0 Å². The average molecular weight is 318 g/mol. The van der Waals surface area contributed by atoms with Crippen molar-refractivity contribution in [2.24, 2.45) is 22.2 Å². The molecular weight excluding hydrogens is 297 g/mol. The SMILES string of the molecule is CC1(C)[C@H]2CC(=N[C@@H](C#N)C[C@H](O)C(F)(F)F)[C@](C)(O)[C@@H]1C2. The standard InChI is InChI=1S/C15H21F3N2O2/c1-13(2)8-4-10(13)14(3,22)11(5-8)20-9(7-19)6-12(21)15(16,17)18/h8-10,12,21-22H,4-6H2,1-3H3/t8-,9-,10-,12+,14-/m1/s1. The number of aliphatic hydroxyl groups excluding tert-OH is 1. The Morgan fingerprint density at radius 2 is 2.00 bits per heavy atom. The zero-order valence-corrected chi connectivity index (χ0v) is 12.9. The number of alkyl halides is 3. The van der Waals surface area contributed by atoms with Crippen molar-refractivity contribution in [2.75, 3.05) is 0 Å². The lowest BCUT2D eigenvalue weighted by atomic mass is 9.44. The summed E-state index contributed by atoms with van der Waals surface area (Å²) in [6.45, 7) is 5.74. The average Bonchev–Trinajstić information content (AvgIpc) is 2.37. The highest BCUT2D eigenvalue weighted by atomic mass is 19.4. The number of aliphatic imine (C=N–C) groups is 1. The first-order valence-electron chi connectivity index (χ1n) is 7.34. The number of halogens is 3. The molecule has 2 N–H and O–H groups in total. The molecule has 7 heteroatoms. The van der Waals surface area contributed by atoms with Gasteiger partial charge in [0.15, 0.2) is 6.10 Å². The van der Waals surface area contributed by atoms with E-state index in [1.165, 1.54) is 0 Å². The molecule has 3 aliphatic rings. The first-order chi connectivity index (χ1) is 9.90. The van der Waals surface area contributed by atoms with Crippen LogP contribution in [0, 0.1) is 28.6 Å². The third-order valence-corrected chi connectivity index (χ3v) is 5.46. The molecule has 3 fully saturated rings. The lowest BCUT2D eigenvalue weighted by Crippen LogP contribution is -2.65. The molecule has 0 radical (unpaired) electrons. The minimum Gasteiger partial charge on any atom is -0.384 e. The molecule has 0 aromatic carbocycles. The van der Waals surface area contributed by atoms with E-state index in [4.69, 9.17) is 10.4 Å². The lowest BCUT2D eigenvalue weighted by Gasteiger charge is -2.62. The fourth-order valence-corrected chi connectivity index (χ4v) is 3.81. The summed E-state index contributed by atoms with van der Waals surface area (Å²) in [6.07, 6.45) is -6.81. The van der Waals surface area contributed by atoms with Gasteiger partial charge in [0.1, 0.15) is 11.6 Å². The maximum atomic E-state index is 12.4. The van der Waals surface area contributed by atoms with E-state index in [2.05, 4.69) is 18.8 Å². The van der Waals surface area contributed by atoms with Crippen molar-refractivity contribution >= 4 is 5.71 Å². The molecule has 4 nitrogen and oxygen atoms in total. The molecule has 3 aliphatic carbocycles. The number of fused-ring (bicyclic) bond motifs is 2. The molecule has 0 spiro atoms. The summed E-state index contributed by atoms with van der Waals surface area (Å²) in [5.41, 5.74) is -0.860. The van der Waals surface area contributed by atoms with Gasteiger partial charge < -0.3 is 10.2 Å². The fourth-order valence-electron chi connectivity index (χ4n) is 3.81. The maximum Gasteiger partial charge on any atom is 0.414 e. The Bertz CT molecular complexity index is 520. The Morgan fingerprint density at radius 1 is 1.41 bits per heavy atom. The Kier molecular flexibility index (Phi) is 4.08. The van der Waals surface area contributed by atoms with Crippen LogP contribution in [0.4, 0.5) is 13.2 Å². The van der Waals surface area contributed by atoms with Gasteiger partial charge in [-0.25, -0.2) is 0 Å². The van der Waals surface area contributed by atoms with Gasteiger partial charge in [-0.3, -0.25) is 4.99 Å². The molecular formula is C15H21F3N2O2. The van der Waals surface area contributed by atoms with Gasteiger partial charge >= 0.3 is 6.18 Å². The van der Waals surface area contributed by atoms with E-state index < -0.39 is 30.3 Å². The number of nitriles is 1. The fraction of sp³-hybridized carbons (Fsp3) is 0.867. The monoisotopic (exact) mass is 318 g/mol. The summed E-state index contributed by atoms with van der Waals surface area (Å²) in [5, 5.41) is 28.8. The molecule has 3 rings (SSSR count). The quantitative estimate of drug-likeness (QED) is 0.839. The second-order valence-corrected chi connectivity index (χ2v) is 7.17. The Labute approximate surface area is 127 Å². The van der Waals surface area contributed by atoms with Crippen LogP contribution in [-0.2, 0) is 0 Å². The zero-order valence-electron chi connectivity index (χ0n) is 12.9. The van der Waals surface area contributed by atoms with Crippen LogP contribution in [0.1, 0.15) is 40.0 Å². The van der Waals surface area contributed by atoms with Gasteiger partial charge in [-0.15, -0.1) is 0 Å². The maximum absolute atomic E-state index is 12.4. The number of aliphatic hydroxyl groups is 2. The third-order valence-electron chi connectivity index (χ3n) is 5.46. The number of hydrogen-bond donors (Lipinski definition) is 2. The molecule has 0 saturated heterocycles. The second-order valence-electron chi connectivity index (χ2n) is 7.17. The van der Waals surface area contributed by atoms with Crippen LogP contribution in [0.25, 0.3) is 0 Å². The normalized spacial score (nSPS) is 38.0. The third kappa shape index (κ3) is 2.74. The summed E-state index contributed by atoms with van der Waals surface area (Å²) >= 11 is 0. The molecule has 0 heterocycles. The van der Waals surface area contributed by atoms with Gasteiger partial charge in [-0.05, 0) is 37.0 Å². The molecule has 0 amide bonds. The number of nitrogens with zero attached hydrogens (tertiary/aromatic N) is 2. The molecule has 2 bridgehead atoms. The van der Waals surface area contributed by atoms with Gasteiger partial charge in [-0.2, -0.15) is 18.4 Å². The minimum atomic E-state index is -4.77. The van der Waals surface area contributed by atoms with Crippen LogP contribution in [-0.4, -0.2) is 39.8 Å². The van der Waals surface area contributed by atoms with Crippen LogP contribution in [0.3, 0.4) is 0 Å². The largest absolute Gasteiger partial charge is 0.414 e. The highest BCUT2D eigenvalue weighted by Crippen LogP contribution is 2.61. The van der Waals surface area contributed by atoms with Gasteiger partial charge in [0, 0.05) is 12.1 Å². The highest BCUT2D eigenvalue weighted by Gasteiger charge is 2.61. The van der Waals surface area contributed by atoms with Crippen LogP contribution >= 0.6 is 0 Å². The summed E-state index contributed by atoms with van der Waals surface area (Å²) in [5.74, 6) is 0.313. The van der Waals surface area contributed by atoms with Crippen LogP contribution in [0.2, 0.25) is 0 Å². The second kappa shape index (κ2) is 5.20. The molecule has 124 valence electrons. The van der Waals surface area contributed by atoms with Crippen LogP contribution < -0.4 is 0 Å². The van der Waals surface area contributed by atoms with E-state index in [0.29, 0.717) is 18.1 Å². The van der Waals surface area contributed by atoms with E-state index in [9.17, 15) is 18.3 Å². The lowest BCUT2D eigenvalue weighted by molar-refractivity contribution is -0.205. The topological polar surface area (TPSA) is 76.6 Å². The van der Waals surface area contributed by atoms with Crippen molar-refractivity contribution in [3.63, 3.8) is 0 Å². The smallest absolute Gasteiger partial charge is 0.384 e. The van der Waals surface area contributed by atoms with Crippen molar-refractivity contribution in [1.82, 2.24) is 0 Å². The van der Waals surface area contributed by atoms with E-state index in [0.717, 1.165) is 6.42 Å². The predicted molar refractivity (Wildman–Crippen MR) is 74.1 cm³/mol. The van der Waals surface area contributed by atoms with Crippen molar-refractivity contribution in [2.45, 2.75) is 64.0 Å². The van der Waals surface area contributed by atoms with E-state index in [1.807, 2.05) is 0 Å².